The Kier molecular flexibility index (Phi) is 5.06. The van der Waals surface area contributed by atoms with Gasteiger partial charge in [-0.05, 0) is 44.4 Å². The molecule has 5 heteroatoms. The number of amides is 1. The van der Waals surface area contributed by atoms with Crippen molar-refractivity contribution in [3.05, 3.63) is 29.3 Å². The number of hydrogen-bond acceptors (Lipinski definition) is 4. The number of nitrogens with one attached hydrogen (secondary N) is 1. The van der Waals surface area contributed by atoms with Gasteiger partial charge in [-0.25, -0.2) is 4.79 Å². The summed E-state index contributed by atoms with van der Waals surface area (Å²) in [6, 6.07) is 5.99. The van der Waals surface area contributed by atoms with Crippen molar-refractivity contribution in [2.24, 2.45) is 5.92 Å². The molecule has 0 unspecified atom stereocenters. The standard InChI is InChI=1S/C17H23NO4/c1-17(2,3)22-16(20)18-10-13(11-19)8-12-4-5-15-14(9-12)6-7-21-15/h4-5,9,11,13H,6-8,10H2,1-3H3,(H,18,20)/t13-/m0/s1. The summed E-state index contributed by atoms with van der Waals surface area (Å²) >= 11 is 0. The summed E-state index contributed by atoms with van der Waals surface area (Å²) in [7, 11) is 0. The molecule has 1 atom stereocenters. The van der Waals surface area contributed by atoms with Gasteiger partial charge in [0.2, 0.25) is 0 Å². The van der Waals surface area contributed by atoms with E-state index in [-0.39, 0.29) is 12.5 Å². The molecule has 1 amide bonds. The second-order valence-corrected chi connectivity index (χ2v) is 6.52. The number of benzene rings is 1. The number of rotatable bonds is 5. The Morgan fingerprint density at radius 1 is 1.45 bits per heavy atom. The predicted octanol–water partition coefficient (Wildman–Crippen LogP) is 2.50. The Balaban J connectivity index is 1.87. The fourth-order valence-electron chi connectivity index (χ4n) is 2.37. The second-order valence-electron chi connectivity index (χ2n) is 6.52. The minimum atomic E-state index is -0.541. The van der Waals surface area contributed by atoms with Crippen molar-refractivity contribution in [1.29, 1.82) is 0 Å². The third kappa shape index (κ3) is 4.76. The fraction of sp³-hybridized carbons (Fsp3) is 0.529. The first-order valence-electron chi connectivity index (χ1n) is 7.54. The normalized spacial score (nSPS) is 14.7. The van der Waals surface area contributed by atoms with Crippen LogP contribution in [0, 0.1) is 5.92 Å². The Morgan fingerprint density at radius 2 is 2.23 bits per heavy atom. The summed E-state index contributed by atoms with van der Waals surface area (Å²) in [5.74, 6) is 0.658. The fourth-order valence-corrected chi connectivity index (χ4v) is 2.37. The van der Waals surface area contributed by atoms with Gasteiger partial charge < -0.3 is 19.6 Å². The zero-order valence-electron chi connectivity index (χ0n) is 13.3. The zero-order valence-corrected chi connectivity index (χ0v) is 13.3. The third-order valence-electron chi connectivity index (χ3n) is 3.35. The maximum absolute atomic E-state index is 11.6. The van der Waals surface area contributed by atoms with Crippen molar-refractivity contribution in [3.63, 3.8) is 0 Å². The lowest BCUT2D eigenvalue weighted by Gasteiger charge is -2.20. The van der Waals surface area contributed by atoms with Crippen LogP contribution in [0.4, 0.5) is 4.79 Å². The maximum Gasteiger partial charge on any atom is 0.407 e. The molecule has 5 nitrogen and oxygen atoms in total. The second kappa shape index (κ2) is 6.81. The quantitative estimate of drug-likeness (QED) is 0.849. The van der Waals surface area contributed by atoms with E-state index < -0.39 is 11.7 Å². The van der Waals surface area contributed by atoms with Gasteiger partial charge in [0, 0.05) is 18.9 Å². The van der Waals surface area contributed by atoms with E-state index in [0.717, 1.165) is 30.6 Å². The van der Waals surface area contributed by atoms with Gasteiger partial charge in [-0.3, -0.25) is 0 Å². The number of hydrogen-bond donors (Lipinski definition) is 1. The number of alkyl carbamates (subject to hydrolysis) is 1. The van der Waals surface area contributed by atoms with E-state index in [2.05, 4.69) is 11.4 Å². The van der Waals surface area contributed by atoms with Gasteiger partial charge in [0.1, 0.15) is 17.6 Å². The highest BCUT2D eigenvalue weighted by Crippen LogP contribution is 2.26. The number of aldehydes is 1. The highest BCUT2D eigenvalue weighted by molar-refractivity contribution is 5.68. The summed E-state index contributed by atoms with van der Waals surface area (Å²) in [4.78, 5) is 22.8. The van der Waals surface area contributed by atoms with Crippen LogP contribution in [0.25, 0.3) is 0 Å². The lowest BCUT2D eigenvalue weighted by molar-refractivity contribution is -0.110. The van der Waals surface area contributed by atoms with Crippen LogP contribution in [0.5, 0.6) is 5.75 Å². The number of carbonyl (C=O) groups excluding carboxylic acids is 2. The SMILES string of the molecule is CC(C)(C)OC(=O)NC[C@@H](C=O)Cc1ccc2c(c1)CCO2. The molecule has 22 heavy (non-hydrogen) atoms. The minimum Gasteiger partial charge on any atom is -0.493 e. The minimum absolute atomic E-state index is 0.270. The van der Waals surface area contributed by atoms with Gasteiger partial charge >= 0.3 is 6.09 Å². The van der Waals surface area contributed by atoms with Crippen LogP contribution >= 0.6 is 0 Å². The molecule has 0 spiro atoms. The first-order valence-corrected chi connectivity index (χ1v) is 7.54. The summed E-state index contributed by atoms with van der Waals surface area (Å²) < 4.78 is 10.6. The smallest absolute Gasteiger partial charge is 0.407 e. The highest BCUT2D eigenvalue weighted by atomic mass is 16.6. The Morgan fingerprint density at radius 3 is 2.91 bits per heavy atom. The first-order chi connectivity index (χ1) is 10.4. The molecule has 0 aromatic heterocycles. The van der Waals surface area contributed by atoms with Crippen molar-refractivity contribution in [2.45, 2.75) is 39.2 Å². The van der Waals surface area contributed by atoms with Crippen molar-refractivity contribution in [2.75, 3.05) is 13.2 Å². The van der Waals surface area contributed by atoms with Gasteiger partial charge in [0.25, 0.3) is 0 Å². The van der Waals surface area contributed by atoms with Gasteiger partial charge in [-0.2, -0.15) is 0 Å². The molecular weight excluding hydrogens is 282 g/mol. The molecule has 0 radical (unpaired) electrons. The molecular formula is C17H23NO4. The number of carbonyl (C=O) groups is 2. The molecule has 1 heterocycles. The largest absolute Gasteiger partial charge is 0.493 e. The van der Waals surface area contributed by atoms with E-state index in [9.17, 15) is 9.59 Å². The molecule has 0 bridgehead atoms. The van der Waals surface area contributed by atoms with E-state index >= 15 is 0 Å². The molecule has 1 aliphatic heterocycles. The Bertz CT molecular complexity index is 548. The number of ether oxygens (including phenoxy) is 2. The molecule has 0 saturated carbocycles. The predicted molar refractivity (Wildman–Crippen MR) is 83.1 cm³/mol. The average molecular weight is 305 g/mol. The molecule has 0 aliphatic carbocycles. The topological polar surface area (TPSA) is 64.6 Å². The van der Waals surface area contributed by atoms with Crippen molar-refractivity contribution < 1.29 is 19.1 Å². The molecule has 120 valence electrons. The molecule has 1 N–H and O–H groups in total. The molecule has 1 aliphatic rings. The third-order valence-corrected chi connectivity index (χ3v) is 3.35. The van der Waals surface area contributed by atoms with Gasteiger partial charge in [0.15, 0.2) is 0 Å². The van der Waals surface area contributed by atoms with Crippen LogP contribution in [0.3, 0.4) is 0 Å². The van der Waals surface area contributed by atoms with Crippen LogP contribution in [0.2, 0.25) is 0 Å². The monoisotopic (exact) mass is 305 g/mol. The van der Waals surface area contributed by atoms with Crippen LogP contribution < -0.4 is 10.1 Å². The molecule has 1 aromatic carbocycles. The van der Waals surface area contributed by atoms with Gasteiger partial charge in [-0.15, -0.1) is 0 Å². The Labute approximate surface area is 131 Å². The van der Waals surface area contributed by atoms with Crippen molar-refractivity contribution in [3.8, 4) is 5.75 Å². The van der Waals surface area contributed by atoms with E-state index in [0.29, 0.717) is 6.42 Å². The summed E-state index contributed by atoms with van der Waals surface area (Å²) in [5.41, 5.74) is 1.72. The molecule has 1 aromatic rings. The summed E-state index contributed by atoms with van der Waals surface area (Å²) in [5, 5.41) is 2.65. The lowest BCUT2D eigenvalue weighted by atomic mass is 9.98. The van der Waals surface area contributed by atoms with Crippen LogP contribution in [-0.2, 0) is 22.4 Å². The number of fused-ring (bicyclic) bond motifs is 1. The molecule has 0 saturated heterocycles. The summed E-state index contributed by atoms with van der Waals surface area (Å²) in [6.45, 7) is 6.39. The summed E-state index contributed by atoms with van der Waals surface area (Å²) in [6.07, 6.45) is 1.88. The van der Waals surface area contributed by atoms with E-state index in [1.165, 1.54) is 5.56 Å². The van der Waals surface area contributed by atoms with E-state index in [1.54, 1.807) is 20.8 Å². The van der Waals surface area contributed by atoms with E-state index in [1.807, 2.05) is 12.1 Å². The van der Waals surface area contributed by atoms with Gasteiger partial charge in [-0.1, -0.05) is 12.1 Å². The molecule has 0 fully saturated rings. The van der Waals surface area contributed by atoms with Crippen molar-refractivity contribution >= 4 is 12.4 Å². The zero-order chi connectivity index (χ0) is 16.2. The molecule has 2 rings (SSSR count). The van der Waals surface area contributed by atoms with E-state index in [4.69, 9.17) is 9.47 Å². The van der Waals surface area contributed by atoms with Crippen molar-refractivity contribution in [1.82, 2.24) is 5.32 Å². The van der Waals surface area contributed by atoms with Crippen LogP contribution in [0.15, 0.2) is 18.2 Å². The highest BCUT2D eigenvalue weighted by Gasteiger charge is 2.18. The van der Waals surface area contributed by atoms with Crippen LogP contribution in [-0.4, -0.2) is 31.1 Å². The Hall–Kier alpha value is -2.04. The maximum atomic E-state index is 11.6. The van der Waals surface area contributed by atoms with Gasteiger partial charge in [0.05, 0.1) is 6.61 Å². The average Bonchev–Trinajstić information content (AvgIpc) is 2.88. The lowest BCUT2D eigenvalue weighted by Crippen LogP contribution is -2.36. The van der Waals surface area contributed by atoms with Crippen LogP contribution in [0.1, 0.15) is 31.9 Å². The first kappa shape index (κ1) is 16.3.